The molecular weight excluding hydrogens is 272 g/mol. The van der Waals surface area contributed by atoms with Crippen LogP contribution in [0.4, 0.5) is 0 Å². The Morgan fingerprint density at radius 3 is 2.00 bits per heavy atom. The molecule has 0 N–H and O–H groups in total. The highest BCUT2D eigenvalue weighted by Crippen LogP contribution is 2.32. The van der Waals surface area contributed by atoms with Crippen LogP contribution in [-0.4, -0.2) is 15.0 Å². The van der Waals surface area contributed by atoms with Crippen LogP contribution in [0, 0.1) is 11.3 Å². The second-order valence-corrected chi connectivity index (χ2v) is 5.01. The smallest absolute Gasteiger partial charge is 0.186 e. The van der Waals surface area contributed by atoms with Crippen LogP contribution >= 0.6 is 0 Å². The van der Waals surface area contributed by atoms with Crippen molar-refractivity contribution in [3.8, 4) is 6.07 Å². The van der Waals surface area contributed by atoms with Crippen LogP contribution in [0.2, 0.25) is 0 Å². The number of aromatic nitrogens is 3. The van der Waals surface area contributed by atoms with E-state index in [1.54, 1.807) is 0 Å². The first-order chi connectivity index (χ1) is 10.8. The van der Waals surface area contributed by atoms with Gasteiger partial charge in [0.2, 0.25) is 0 Å². The fourth-order valence-electron chi connectivity index (χ4n) is 2.72. The summed E-state index contributed by atoms with van der Waals surface area (Å²) < 4.78 is 1.81. The summed E-state index contributed by atoms with van der Waals surface area (Å²) in [4.78, 5) is 0. The lowest BCUT2D eigenvalue weighted by Gasteiger charge is -2.19. The summed E-state index contributed by atoms with van der Waals surface area (Å²) in [5, 5.41) is 17.6. The van der Waals surface area contributed by atoms with Crippen molar-refractivity contribution in [2.24, 2.45) is 0 Å². The van der Waals surface area contributed by atoms with Crippen molar-refractivity contribution in [1.82, 2.24) is 15.0 Å². The lowest BCUT2D eigenvalue weighted by Crippen LogP contribution is -2.12. The van der Waals surface area contributed by atoms with Crippen LogP contribution in [0.5, 0.6) is 0 Å². The summed E-state index contributed by atoms with van der Waals surface area (Å²) in [5.74, 6) is -0.0491. The standard InChI is InChI=1S/C18H16N4/c1-2-22-18(16(13-19)20-21-22)17(14-9-5-3-6-10-14)15-11-7-4-8-12-15/h3-12,17H,2H2,1H3. The number of aryl methyl sites for hydroxylation is 1. The maximum absolute atomic E-state index is 9.40. The zero-order chi connectivity index (χ0) is 15.4. The zero-order valence-corrected chi connectivity index (χ0v) is 12.3. The highest BCUT2D eigenvalue weighted by atomic mass is 15.4. The predicted molar refractivity (Wildman–Crippen MR) is 84.2 cm³/mol. The third-order valence-electron chi connectivity index (χ3n) is 3.72. The van der Waals surface area contributed by atoms with Crippen molar-refractivity contribution < 1.29 is 0 Å². The molecule has 0 radical (unpaired) electrons. The van der Waals surface area contributed by atoms with Gasteiger partial charge in [0, 0.05) is 6.54 Å². The average molecular weight is 288 g/mol. The molecule has 22 heavy (non-hydrogen) atoms. The largest absolute Gasteiger partial charge is 0.247 e. The summed E-state index contributed by atoms with van der Waals surface area (Å²) in [5.41, 5.74) is 3.49. The van der Waals surface area contributed by atoms with E-state index in [4.69, 9.17) is 0 Å². The summed E-state index contributed by atoms with van der Waals surface area (Å²) >= 11 is 0. The van der Waals surface area contributed by atoms with Crippen LogP contribution in [-0.2, 0) is 6.54 Å². The van der Waals surface area contributed by atoms with E-state index in [0.29, 0.717) is 12.2 Å². The number of hydrogen-bond acceptors (Lipinski definition) is 3. The van der Waals surface area contributed by atoms with Crippen LogP contribution in [0.25, 0.3) is 0 Å². The Morgan fingerprint density at radius 2 is 1.55 bits per heavy atom. The topological polar surface area (TPSA) is 54.5 Å². The maximum atomic E-state index is 9.40. The van der Waals surface area contributed by atoms with Gasteiger partial charge in [-0.05, 0) is 18.1 Å². The maximum Gasteiger partial charge on any atom is 0.186 e. The molecule has 0 aliphatic heterocycles. The lowest BCUT2D eigenvalue weighted by molar-refractivity contribution is 0.592. The molecule has 4 heteroatoms. The molecule has 0 aliphatic carbocycles. The Kier molecular flexibility index (Phi) is 3.97. The molecule has 0 saturated heterocycles. The molecule has 2 aromatic carbocycles. The van der Waals surface area contributed by atoms with Gasteiger partial charge in [0.15, 0.2) is 5.69 Å². The molecule has 0 bridgehead atoms. The third-order valence-corrected chi connectivity index (χ3v) is 3.72. The predicted octanol–water partition coefficient (Wildman–Crippen LogP) is 3.35. The van der Waals surface area contributed by atoms with E-state index >= 15 is 0 Å². The van der Waals surface area contributed by atoms with Crippen molar-refractivity contribution in [3.63, 3.8) is 0 Å². The normalized spacial score (nSPS) is 10.6. The summed E-state index contributed by atoms with van der Waals surface area (Å²) in [7, 11) is 0. The highest BCUT2D eigenvalue weighted by molar-refractivity contribution is 5.44. The SMILES string of the molecule is CCn1nnc(C#N)c1C(c1ccccc1)c1ccccc1. The lowest BCUT2D eigenvalue weighted by atomic mass is 9.87. The van der Waals surface area contributed by atoms with Gasteiger partial charge in [0.25, 0.3) is 0 Å². The minimum absolute atomic E-state index is 0.0491. The Balaban J connectivity index is 2.24. The van der Waals surface area contributed by atoms with E-state index < -0.39 is 0 Å². The second-order valence-electron chi connectivity index (χ2n) is 5.01. The molecule has 0 unspecified atom stereocenters. The van der Waals surface area contributed by atoms with Crippen LogP contribution in [0.15, 0.2) is 60.7 Å². The third kappa shape index (κ3) is 2.49. The van der Waals surface area contributed by atoms with Gasteiger partial charge in [0.05, 0.1) is 11.6 Å². The van der Waals surface area contributed by atoms with Crippen LogP contribution in [0.1, 0.15) is 35.4 Å². The van der Waals surface area contributed by atoms with E-state index in [1.165, 1.54) is 0 Å². The zero-order valence-electron chi connectivity index (χ0n) is 12.3. The summed E-state index contributed by atoms with van der Waals surface area (Å²) in [6, 6.07) is 22.5. The Morgan fingerprint density at radius 1 is 1.00 bits per heavy atom. The molecule has 1 aromatic heterocycles. The van der Waals surface area contributed by atoms with E-state index in [2.05, 4.69) is 40.6 Å². The van der Waals surface area contributed by atoms with Crippen molar-refractivity contribution in [2.45, 2.75) is 19.4 Å². The minimum Gasteiger partial charge on any atom is -0.247 e. The molecule has 0 fully saturated rings. The fraction of sp³-hybridized carbons (Fsp3) is 0.167. The number of nitrogens with zero attached hydrogens (tertiary/aromatic N) is 4. The minimum atomic E-state index is -0.0491. The van der Waals surface area contributed by atoms with Crippen LogP contribution in [0.3, 0.4) is 0 Å². The van der Waals surface area contributed by atoms with Gasteiger partial charge in [-0.15, -0.1) is 5.10 Å². The van der Waals surface area contributed by atoms with Gasteiger partial charge in [-0.3, -0.25) is 0 Å². The van der Waals surface area contributed by atoms with Gasteiger partial charge >= 0.3 is 0 Å². The monoisotopic (exact) mass is 288 g/mol. The molecule has 4 nitrogen and oxygen atoms in total. The first-order valence-corrected chi connectivity index (χ1v) is 7.28. The van der Waals surface area contributed by atoms with Crippen LogP contribution < -0.4 is 0 Å². The van der Waals surface area contributed by atoms with Gasteiger partial charge in [-0.2, -0.15) is 5.26 Å². The van der Waals surface area contributed by atoms with Gasteiger partial charge in [-0.1, -0.05) is 65.9 Å². The van der Waals surface area contributed by atoms with E-state index in [-0.39, 0.29) is 5.92 Å². The number of benzene rings is 2. The van der Waals surface area contributed by atoms with E-state index in [9.17, 15) is 5.26 Å². The average Bonchev–Trinajstić information content (AvgIpc) is 3.00. The highest BCUT2D eigenvalue weighted by Gasteiger charge is 2.25. The number of hydrogen-bond donors (Lipinski definition) is 0. The molecule has 108 valence electrons. The molecular formula is C18H16N4. The van der Waals surface area contributed by atoms with Crippen molar-refractivity contribution in [1.29, 1.82) is 5.26 Å². The van der Waals surface area contributed by atoms with E-state index in [0.717, 1.165) is 16.8 Å². The Bertz CT molecular complexity index is 745. The second kappa shape index (κ2) is 6.23. The van der Waals surface area contributed by atoms with Gasteiger partial charge < -0.3 is 0 Å². The molecule has 0 aliphatic rings. The number of nitriles is 1. The molecule has 0 spiro atoms. The van der Waals surface area contributed by atoms with Crippen molar-refractivity contribution in [3.05, 3.63) is 83.2 Å². The Labute approximate surface area is 129 Å². The molecule has 0 saturated carbocycles. The molecule has 1 heterocycles. The fourth-order valence-corrected chi connectivity index (χ4v) is 2.72. The Hall–Kier alpha value is -2.93. The molecule has 3 aromatic rings. The molecule has 0 amide bonds. The number of rotatable bonds is 4. The molecule has 3 rings (SSSR count). The van der Waals surface area contributed by atoms with Crippen molar-refractivity contribution in [2.75, 3.05) is 0 Å². The van der Waals surface area contributed by atoms with Gasteiger partial charge in [0.1, 0.15) is 6.07 Å². The first-order valence-electron chi connectivity index (χ1n) is 7.28. The van der Waals surface area contributed by atoms with Gasteiger partial charge in [-0.25, -0.2) is 4.68 Å². The molecule has 0 atom stereocenters. The summed E-state index contributed by atoms with van der Waals surface area (Å²) in [6.07, 6.45) is 0. The first kappa shape index (κ1) is 14.0. The summed E-state index contributed by atoms with van der Waals surface area (Å²) in [6.45, 7) is 2.69. The van der Waals surface area contributed by atoms with E-state index in [1.807, 2.05) is 48.0 Å². The quantitative estimate of drug-likeness (QED) is 0.739. The van der Waals surface area contributed by atoms with Crippen molar-refractivity contribution >= 4 is 0 Å².